The van der Waals surface area contributed by atoms with Crippen molar-refractivity contribution in [2.75, 3.05) is 6.61 Å². The Hall–Kier alpha value is -1.36. The second kappa shape index (κ2) is 3.18. The third kappa shape index (κ3) is 1.42. The summed E-state index contributed by atoms with van der Waals surface area (Å²) in [5.74, 6) is -0.363. The molecule has 2 rings (SSSR count). The minimum atomic E-state index is -0.363. The zero-order valence-corrected chi connectivity index (χ0v) is 7.87. The van der Waals surface area contributed by atoms with Gasteiger partial charge in [0.1, 0.15) is 0 Å². The molecule has 4 nitrogen and oxygen atoms in total. The summed E-state index contributed by atoms with van der Waals surface area (Å²) in [5, 5.41) is 1.91. The van der Waals surface area contributed by atoms with Crippen molar-refractivity contribution in [3.63, 3.8) is 0 Å². The first-order chi connectivity index (χ1) is 6.31. The van der Waals surface area contributed by atoms with Crippen LogP contribution in [-0.4, -0.2) is 22.0 Å². The molecule has 2 heterocycles. The van der Waals surface area contributed by atoms with Crippen LogP contribution >= 0.6 is 11.3 Å². The van der Waals surface area contributed by atoms with Crippen molar-refractivity contribution in [1.29, 1.82) is 0 Å². The average molecular weight is 196 g/mol. The molecule has 0 amide bonds. The molecule has 0 bridgehead atoms. The largest absolute Gasteiger partial charge is 0.461 e. The maximum absolute atomic E-state index is 11.2. The number of hydrogen-bond donors (Lipinski definition) is 0. The summed E-state index contributed by atoms with van der Waals surface area (Å²) < 4.78 is 6.62. The minimum absolute atomic E-state index is 0.363. The van der Waals surface area contributed by atoms with Crippen LogP contribution in [0.3, 0.4) is 0 Å². The fraction of sp³-hybridized carbons (Fsp3) is 0.250. The van der Waals surface area contributed by atoms with Crippen LogP contribution in [0.4, 0.5) is 0 Å². The van der Waals surface area contributed by atoms with Gasteiger partial charge in [-0.05, 0) is 6.92 Å². The van der Waals surface area contributed by atoms with Crippen LogP contribution in [-0.2, 0) is 4.74 Å². The number of carbonyl (C=O) groups is 1. The van der Waals surface area contributed by atoms with Crippen LogP contribution < -0.4 is 0 Å². The van der Waals surface area contributed by atoms with E-state index in [0.29, 0.717) is 12.3 Å². The van der Waals surface area contributed by atoms with Crippen molar-refractivity contribution >= 4 is 22.3 Å². The normalized spacial score (nSPS) is 10.5. The van der Waals surface area contributed by atoms with Crippen LogP contribution in [0.15, 0.2) is 17.8 Å². The van der Waals surface area contributed by atoms with Crippen LogP contribution in [0.25, 0.3) is 4.96 Å². The Kier molecular flexibility index (Phi) is 2.02. The average Bonchev–Trinajstić information content (AvgIpc) is 2.61. The molecule has 0 aromatic carbocycles. The molecule has 2 aromatic rings. The lowest BCUT2D eigenvalue weighted by molar-refractivity contribution is 0.0520. The van der Waals surface area contributed by atoms with E-state index in [4.69, 9.17) is 4.74 Å². The molecule has 2 aromatic heterocycles. The number of aromatic nitrogens is 2. The molecule has 0 spiro atoms. The molecule has 0 aliphatic carbocycles. The van der Waals surface area contributed by atoms with Gasteiger partial charge < -0.3 is 4.74 Å². The van der Waals surface area contributed by atoms with E-state index in [1.54, 1.807) is 17.5 Å². The van der Waals surface area contributed by atoms with Crippen molar-refractivity contribution in [3.8, 4) is 0 Å². The van der Waals surface area contributed by atoms with E-state index in [-0.39, 0.29) is 5.97 Å². The molecule has 0 N–H and O–H groups in total. The van der Waals surface area contributed by atoms with Gasteiger partial charge in [0.05, 0.1) is 6.61 Å². The van der Waals surface area contributed by atoms with Crippen molar-refractivity contribution in [3.05, 3.63) is 23.5 Å². The number of imidazole rings is 1. The molecule has 13 heavy (non-hydrogen) atoms. The SMILES string of the molecule is CCOC(=O)c1cn2ccsc2n1. The Morgan fingerprint density at radius 2 is 2.62 bits per heavy atom. The standard InChI is InChI=1S/C8H8N2O2S/c1-2-12-7(11)6-5-10-3-4-13-8(10)9-6/h3-5H,2H2,1H3. The monoisotopic (exact) mass is 196 g/mol. The highest BCUT2D eigenvalue weighted by Gasteiger charge is 2.11. The highest BCUT2D eigenvalue weighted by atomic mass is 32.1. The number of rotatable bonds is 2. The van der Waals surface area contributed by atoms with E-state index in [0.717, 1.165) is 4.96 Å². The van der Waals surface area contributed by atoms with Gasteiger partial charge in [0.15, 0.2) is 10.7 Å². The molecule has 0 saturated carbocycles. The van der Waals surface area contributed by atoms with Crippen molar-refractivity contribution in [2.24, 2.45) is 0 Å². The second-order valence-corrected chi connectivity index (χ2v) is 3.31. The molecule has 0 fully saturated rings. The van der Waals surface area contributed by atoms with Gasteiger partial charge in [0.2, 0.25) is 0 Å². The number of fused-ring (bicyclic) bond motifs is 1. The second-order valence-electron chi connectivity index (χ2n) is 2.44. The van der Waals surface area contributed by atoms with E-state index in [2.05, 4.69) is 4.98 Å². The van der Waals surface area contributed by atoms with Crippen molar-refractivity contribution in [1.82, 2.24) is 9.38 Å². The minimum Gasteiger partial charge on any atom is -0.461 e. The number of esters is 1. The maximum atomic E-state index is 11.2. The molecular formula is C8H8N2O2S. The molecule has 0 aliphatic rings. The molecule has 5 heteroatoms. The lowest BCUT2D eigenvalue weighted by Gasteiger charge is -1.95. The number of thiazole rings is 1. The zero-order chi connectivity index (χ0) is 9.26. The van der Waals surface area contributed by atoms with Crippen LogP contribution in [0.5, 0.6) is 0 Å². The Balaban J connectivity index is 2.34. The molecule has 68 valence electrons. The molecule has 0 aliphatic heterocycles. The number of ether oxygens (including phenoxy) is 1. The van der Waals surface area contributed by atoms with Crippen LogP contribution in [0.1, 0.15) is 17.4 Å². The van der Waals surface area contributed by atoms with Gasteiger partial charge in [-0.2, -0.15) is 0 Å². The Bertz CT molecular complexity index is 403. The smallest absolute Gasteiger partial charge is 0.358 e. The van der Waals surface area contributed by atoms with Gasteiger partial charge in [-0.25, -0.2) is 9.78 Å². The third-order valence-corrected chi connectivity index (χ3v) is 2.35. The van der Waals surface area contributed by atoms with Gasteiger partial charge in [0.25, 0.3) is 0 Å². The topological polar surface area (TPSA) is 43.6 Å². The van der Waals surface area contributed by atoms with E-state index < -0.39 is 0 Å². The summed E-state index contributed by atoms with van der Waals surface area (Å²) in [7, 11) is 0. The predicted molar refractivity (Wildman–Crippen MR) is 49.0 cm³/mol. The fourth-order valence-electron chi connectivity index (χ4n) is 1.03. The Labute approximate surface area is 78.8 Å². The van der Waals surface area contributed by atoms with Gasteiger partial charge in [-0.15, -0.1) is 11.3 Å². The molecular weight excluding hydrogens is 188 g/mol. The number of carbonyl (C=O) groups excluding carboxylic acids is 1. The highest BCUT2D eigenvalue weighted by Crippen LogP contribution is 2.11. The van der Waals surface area contributed by atoms with Crippen molar-refractivity contribution < 1.29 is 9.53 Å². The predicted octanol–water partition coefficient (Wildman–Crippen LogP) is 1.57. The summed E-state index contributed by atoms with van der Waals surface area (Å²) in [6.45, 7) is 2.15. The first-order valence-electron chi connectivity index (χ1n) is 3.90. The van der Waals surface area contributed by atoms with E-state index in [1.165, 1.54) is 11.3 Å². The van der Waals surface area contributed by atoms with Crippen molar-refractivity contribution in [2.45, 2.75) is 6.92 Å². The number of nitrogens with zero attached hydrogens (tertiary/aromatic N) is 2. The molecule has 0 atom stereocenters. The van der Waals surface area contributed by atoms with Crippen LogP contribution in [0, 0.1) is 0 Å². The highest BCUT2D eigenvalue weighted by molar-refractivity contribution is 7.15. The van der Waals surface area contributed by atoms with E-state index >= 15 is 0 Å². The lowest BCUT2D eigenvalue weighted by atomic mass is 10.5. The fourth-order valence-corrected chi connectivity index (χ4v) is 1.73. The first kappa shape index (κ1) is 8.25. The van der Waals surface area contributed by atoms with Crippen LogP contribution in [0.2, 0.25) is 0 Å². The zero-order valence-electron chi connectivity index (χ0n) is 7.06. The number of hydrogen-bond acceptors (Lipinski definition) is 4. The van der Waals surface area contributed by atoms with Gasteiger partial charge in [0, 0.05) is 17.8 Å². The van der Waals surface area contributed by atoms with Gasteiger partial charge in [-0.3, -0.25) is 4.40 Å². The van der Waals surface area contributed by atoms with E-state index in [9.17, 15) is 4.79 Å². The Morgan fingerprint density at radius 1 is 1.77 bits per heavy atom. The maximum Gasteiger partial charge on any atom is 0.358 e. The lowest BCUT2D eigenvalue weighted by Crippen LogP contribution is -2.04. The molecule has 0 saturated heterocycles. The third-order valence-electron chi connectivity index (χ3n) is 1.58. The molecule has 0 radical (unpaired) electrons. The van der Waals surface area contributed by atoms with Gasteiger partial charge >= 0.3 is 5.97 Å². The first-order valence-corrected chi connectivity index (χ1v) is 4.78. The Morgan fingerprint density at radius 3 is 3.31 bits per heavy atom. The summed E-state index contributed by atoms with van der Waals surface area (Å²) in [4.78, 5) is 16.1. The summed E-state index contributed by atoms with van der Waals surface area (Å²) in [6.07, 6.45) is 3.53. The van der Waals surface area contributed by atoms with Gasteiger partial charge in [-0.1, -0.05) is 0 Å². The van der Waals surface area contributed by atoms with E-state index in [1.807, 2.05) is 11.6 Å². The molecule has 0 unspecified atom stereocenters. The quantitative estimate of drug-likeness (QED) is 0.685. The summed E-state index contributed by atoms with van der Waals surface area (Å²) >= 11 is 1.49. The summed E-state index contributed by atoms with van der Waals surface area (Å²) in [6, 6.07) is 0. The summed E-state index contributed by atoms with van der Waals surface area (Å²) in [5.41, 5.74) is 0.369.